The molecule has 0 aliphatic carbocycles. The minimum Gasteiger partial charge on any atom is -0.493 e. The Balaban J connectivity index is 1.57. The summed E-state index contributed by atoms with van der Waals surface area (Å²) in [4.78, 5) is 4.03. The lowest BCUT2D eigenvalue weighted by Crippen LogP contribution is -2.12. The summed E-state index contributed by atoms with van der Waals surface area (Å²) in [6.45, 7) is 2.09. The van der Waals surface area contributed by atoms with Crippen molar-refractivity contribution in [3.05, 3.63) is 89.7 Å². The standard InChI is InChI=1S/C21H22N2O2/c1-24-21-13-19(15-23-14-17-9-11-22-12-10-17)7-8-20(21)25-16-18-5-3-2-4-6-18/h2-13,23H,14-16H2,1H3. The van der Waals surface area contributed by atoms with Crippen LogP contribution >= 0.6 is 0 Å². The van der Waals surface area contributed by atoms with E-state index in [1.54, 1.807) is 19.5 Å². The Labute approximate surface area is 148 Å². The third-order valence-electron chi connectivity index (χ3n) is 3.87. The molecule has 1 N–H and O–H groups in total. The first kappa shape index (κ1) is 17.0. The number of rotatable bonds is 8. The zero-order chi connectivity index (χ0) is 17.3. The highest BCUT2D eigenvalue weighted by Crippen LogP contribution is 2.28. The molecule has 0 radical (unpaired) electrons. The molecule has 0 spiro atoms. The van der Waals surface area contributed by atoms with Crippen molar-refractivity contribution in [1.82, 2.24) is 10.3 Å². The van der Waals surface area contributed by atoms with Crippen molar-refractivity contribution in [1.29, 1.82) is 0 Å². The average Bonchev–Trinajstić information content (AvgIpc) is 2.68. The van der Waals surface area contributed by atoms with Crippen LogP contribution in [0.15, 0.2) is 73.1 Å². The molecule has 0 aliphatic rings. The van der Waals surface area contributed by atoms with E-state index in [0.29, 0.717) is 6.61 Å². The maximum atomic E-state index is 5.89. The number of hydrogen-bond acceptors (Lipinski definition) is 4. The van der Waals surface area contributed by atoms with Gasteiger partial charge >= 0.3 is 0 Å². The lowest BCUT2D eigenvalue weighted by Gasteiger charge is -2.13. The van der Waals surface area contributed by atoms with Crippen LogP contribution in [0.3, 0.4) is 0 Å². The van der Waals surface area contributed by atoms with E-state index in [0.717, 1.165) is 35.7 Å². The van der Waals surface area contributed by atoms with E-state index < -0.39 is 0 Å². The van der Waals surface area contributed by atoms with Crippen molar-refractivity contribution < 1.29 is 9.47 Å². The zero-order valence-corrected chi connectivity index (χ0v) is 14.3. The Morgan fingerprint density at radius 3 is 2.32 bits per heavy atom. The van der Waals surface area contributed by atoms with E-state index in [1.807, 2.05) is 54.6 Å². The van der Waals surface area contributed by atoms with Gasteiger partial charge in [-0.15, -0.1) is 0 Å². The van der Waals surface area contributed by atoms with Crippen LogP contribution in [0.5, 0.6) is 11.5 Å². The number of ether oxygens (including phenoxy) is 2. The molecule has 0 amide bonds. The molecule has 1 heterocycles. The number of hydrogen-bond donors (Lipinski definition) is 1. The van der Waals surface area contributed by atoms with Crippen molar-refractivity contribution in [2.24, 2.45) is 0 Å². The average molecular weight is 334 g/mol. The summed E-state index contributed by atoms with van der Waals surface area (Å²) < 4.78 is 11.4. The minimum atomic E-state index is 0.525. The van der Waals surface area contributed by atoms with Crippen LogP contribution in [0.25, 0.3) is 0 Å². The third kappa shape index (κ3) is 5.06. The van der Waals surface area contributed by atoms with Crippen LogP contribution < -0.4 is 14.8 Å². The monoisotopic (exact) mass is 334 g/mol. The van der Waals surface area contributed by atoms with Gasteiger partial charge in [0, 0.05) is 25.5 Å². The molecule has 0 unspecified atom stereocenters. The molecule has 0 bridgehead atoms. The van der Waals surface area contributed by atoms with E-state index in [-0.39, 0.29) is 0 Å². The Kier molecular flexibility index (Phi) is 6.01. The molecule has 0 atom stereocenters. The first-order chi connectivity index (χ1) is 12.3. The first-order valence-corrected chi connectivity index (χ1v) is 8.28. The largest absolute Gasteiger partial charge is 0.493 e. The molecule has 1 aromatic heterocycles. The Morgan fingerprint density at radius 2 is 1.56 bits per heavy atom. The van der Waals surface area contributed by atoms with Gasteiger partial charge in [-0.2, -0.15) is 0 Å². The molecule has 3 rings (SSSR count). The Morgan fingerprint density at radius 1 is 0.800 bits per heavy atom. The lowest BCUT2D eigenvalue weighted by atomic mass is 10.2. The molecule has 3 aromatic rings. The predicted octanol–water partition coefficient (Wildman–Crippen LogP) is 3.96. The normalized spacial score (nSPS) is 10.4. The van der Waals surface area contributed by atoms with Gasteiger partial charge in [0.25, 0.3) is 0 Å². The van der Waals surface area contributed by atoms with E-state index in [1.165, 1.54) is 5.56 Å². The fourth-order valence-corrected chi connectivity index (χ4v) is 2.53. The highest BCUT2D eigenvalue weighted by molar-refractivity contribution is 5.43. The van der Waals surface area contributed by atoms with Crippen molar-refractivity contribution in [3.8, 4) is 11.5 Å². The molecule has 0 aliphatic heterocycles. The number of nitrogens with one attached hydrogen (secondary N) is 1. The Bertz CT molecular complexity index is 776. The molecule has 2 aromatic carbocycles. The summed E-state index contributed by atoms with van der Waals surface area (Å²) in [5, 5.41) is 3.42. The molecule has 0 fully saturated rings. The molecule has 4 heteroatoms. The number of methoxy groups -OCH3 is 1. The second-order valence-corrected chi connectivity index (χ2v) is 5.72. The van der Waals surface area contributed by atoms with E-state index in [4.69, 9.17) is 9.47 Å². The van der Waals surface area contributed by atoms with Gasteiger partial charge < -0.3 is 14.8 Å². The first-order valence-electron chi connectivity index (χ1n) is 8.28. The third-order valence-corrected chi connectivity index (χ3v) is 3.87. The van der Waals surface area contributed by atoms with Crippen molar-refractivity contribution in [2.45, 2.75) is 19.7 Å². The van der Waals surface area contributed by atoms with E-state index >= 15 is 0 Å². The molecule has 0 saturated carbocycles. The lowest BCUT2D eigenvalue weighted by molar-refractivity contribution is 0.284. The Hall–Kier alpha value is -2.85. The molecule has 128 valence electrons. The zero-order valence-electron chi connectivity index (χ0n) is 14.3. The number of pyridine rings is 1. The number of nitrogens with zero attached hydrogens (tertiary/aromatic N) is 1. The topological polar surface area (TPSA) is 43.4 Å². The molecule has 4 nitrogen and oxygen atoms in total. The fourth-order valence-electron chi connectivity index (χ4n) is 2.53. The molecular weight excluding hydrogens is 312 g/mol. The second kappa shape index (κ2) is 8.85. The summed E-state index contributed by atoms with van der Waals surface area (Å²) in [5.41, 5.74) is 3.50. The van der Waals surface area contributed by atoms with E-state index in [9.17, 15) is 0 Å². The highest BCUT2D eigenvalue weighted by Gasteiger charge is 2.06. The van der Waals surface area contributed by atoms with E-state index in [2.05, 4.69) is 16.4 Å². The van der Waals surface area contributed by atoms with Crippen molar-refractivity contribution in [3.63, 3.8) is 0 Å². The van der Waals surface area contributed by atoms with Gasteiger partial charge in [0.15, 0.2) is 11.5 Å². The SMILES string of the molecule is COc1cc(CNCc2ccncc2)ccc1OCc1ccccc1. The van der Waals surface area contributed by atoms with Crippen molar-refractivity contribution in [2.75, 3.05) is 7.11 Å². The molecule has 0 saturated heterocycles. The summed E-state index contributed by atoms with van der Waals surface area (Å²) in [6, 6.07) is 20.2. The summed E-state index contributed by atoms with van der Waals surface area (Å²) in [7, 11) is 1.67. The summed E-state index contributed by atoms with van der Waals surface area (Å²) >= 11 is 0. The van der Waals surface area contributed by atoms with Crippen LogP contribution in [0.4, 0.5) is 0 Å². The van der Waals surface area contributed by atoms with Crippen LogP contribution in [-0.4, -0.2) is 12.1 Å². The predicted molar refractivity (Wildman–Crippen MR) is 98.5 cm³/mol. The van der Waals surface area contributed by atoms with Gasteiger partial charge in [0.05, 0.1) is 7.11 Å². The maximum Gasteiger partial charge on any atom is 0.161 e. The fraction of sp³-hybridized carbons (Fsp3) is 0.190. The van der Waals surface area contributed by atoms with Crippen LogP contribution in [0.2, 0.25) is 0 Å². The maximum absolute atomic E-state index is 5.89. The minimum absolute atomic E-state index is 0.525. The highest BCUT2D eigenvalue weighted by atomic mass is 16.5. The van der Waals surface area contributed by atoms with Crippen LogP contribution in [-0.2, 0) is 19.7 Å². The number of benzene rings is 2. The van der Waals surface area contributed by atoms with Gasteiger partial charge in [-0.25, -0.2) is 0 Å². The van der Waals surface area contributed by atoms with Crippen molar-refractivity contribution >= 4 is 0 Å². The van der Waals surface area contributed by atoms with Gasteiger partial charge in [-0.05, 0) is 41.0 Å². The van der Waals surface area contributed by atoms with Gasteiger partial charge in [-0.1, -0.05) is 36.4 Å². The quantitative estimate of drug-likeness (QED) is 0.677. The smallest absolute Gasteiger partial charge is 0.161 e. The summed E-state index contributed by atoms with van der Waals surface area (Å²) in [6.07, 6.45) is 3.61. The van der Waals surface area contributed by atoms with Crippen LogP contribution in [0, 0.1) is 0 Å². The van der Waals surface area contributed by atoms with Gasteiger partial charge in [0.1, 0.15) is 6.61 Å². The molecular formula is C21H22N2O2. The van der Waals surface area contributed by atoms with Crippen LogP contribution in [0.1, 0.15) is 16.7 Å². The van der Waals surface area contributed by atoms with Gasteiger partial charge in [0.2, 0.25) is 0 Å². The van der Waals surface area contributed by atoms with Gasteiger partial charge in [-0.3, -0.25) is 4.98 Å². The second-order valence-electron chi connectivity index (χ2n) is 5.72. The summed E-state index contributed by atoms with van der Waals surface area (Å²) in [5.74, 6) is 1.50. The molecule has 25 heavy (non-hydrogen) atoms. The number of aromatic nitrogens is 1.